The highest BCUT2D eigenvalue weighted by Crippen LogP contribution is 2.21. The summed E-state index contributed by atoms with van der Waals surface area (Å²) in [6.07, 6.45) is 2.70. The maximum absolute atomic E-state index is 11.9. The first-order chi connectivity index (χ1) is 8.20. The van der Waals surface area contributed by atoms with Crippen molar-refractivity contribution >= 4 is 28.9 Å². The number of hydrazine groups is 1. The smallest absolute Gasteiger partial charge is 0.257 e. The molecule has 6 nitrogen and oxygen atoms in total. The number of rotatable bonds is 3. The molecule has 2 rings (SSSR count). The van der Waals surface area contributed by atoms with Crippen LogP contribution in [0, 0.1) is 0 Å². The van der Waals surface area contributed by atoms with Gasteiger partial charge in [-0.2, -0.15) is 0 Å². The van der Waals surface area contributed by atoms with Crippen molar-refractivity contribution in [3.8, 4) is 0 Å². The highest BCUT2D eigenvalue weighted by molar-refractivity contribution is 6.31. The predicted molar refractivity (Wildman–Crippen MR) is 63.7 cm³/mol. The van der Waals surface area contributed by atoms with Gasteiger partial charge in [0.1, 0.15) is 12.0 Å². The number of aromatic nitrogens is 1. The van der Waals surface area contributed by atoms with E-state index in [1.807, 2.05) is 0 Å². The summed E-state index contributed by atoms with van der Waals surface area (Å²) in [5, 5.41) is 6.51. The summed E-state index contributed by atoms with van der Waals surface area (Å²) in [4.78, 5) is 11.9. The lowest BCUT2D eigenvalue weighted by Gasteiger charge is -2.08. The lowest BCUT2D eigenvalue weighted by molar-refractivity contribution is 0.102. The fourth-order valence-electron chi connectivity index (χ4n) is 1.30. The number of nitrogens with zero attached hydrogens (tertiary/aromatic N) is 1. The fraction of sp³-hybridized carbons (Fsp3) is 0. The molecule has 1 amide bonds. The minimum atomic E-state index is -0.358. The molecule has 0 saturated heterocycles. The Kier molecular flexibility index (Phi) is 3.27. The number of nitrogens with one attached hydrogen (secondary N) is 2. The van der Waals surface area contributed by atoms with Crippen LogP contribution in [0.1, 0.15) is 10.4 Å². The molecule has 88 valence electrons. The zero-order valence-electron chi connectivity index (χ0n) is 8.61. The van der Waals surface area contributed by atoms with E-state index in [1.165, 1.54) is 18.5 Å². The molecule has 1 heterocycles. The first kappa shape index (κ1) is 11.4. The van der Waals surface area contributed by atoms with Crippen LogP contribution in [-0.4, -0.2) is 11.1 Å². The van der Waals surface area contributed by atoms with E-state index in [2.05, 4.69) is 20.4 Å². The van der Waals surface area contributed by atoms with Gasteiger partial charge in [-0.15, -0.1) is 0 Å². The fourth-order valence-corrected chi connectivity index (χ4v) is 1.47. The largest absolute Gasteiger partial charge is 0.363 e. The van der Waals surface area contributed by atoms with E-state index in [4.69, 9.17) is 17.4 Å². The molecule has 0 atom stereocenters. The molecule has 0 saturated carbocycles. The van der Waals surface area contributed by atoms with Gasteiger partial charge < -0.3 is 15.3 Å². The molecular formula is C10H9ClN4O2. The molecule has 0 aliphatic rings. The molecule has 0 bridgehead atoms. The van der Waals surface area contributed by atoms with Gasteiger partial charge in [-0.1, -0.05) is 16.8 Å². The number of nitrogens with two attached hydrogens (primary N) is 1. The van der Waals surface area contributed by atoms with Crippen molar-refractivity contribution in [3.63, 3.8) is 0 Å². The number of anilines is 2. The monoisotopic (exact) mass is 252 g/mol. The maximum atomic E-state index is 11.9. The highest BCUT2D eigenvalue weighted by atomic mass is 35.5. The van der Waals surface area contributed by atoms with Crippen molar-refractivity contribution in [1.82, 2.24) is 5.16 Å². The lowest BCUT2D eigenvalue weighted by Crippen LogP contribution is -2.17. The Morgan fingerprint density at radius 1 is 1.47 bits per heavy atom. The number of halogens is 1. The Bertz CT molecular complexity index is 527. The molecule has 1 aromatic carbocycles. The second kappa shape index (κ2) is 4.86. The third kappa shape index (κ3) is 2.55. The van der Waals surface area contributed by atoms with Gasteiger partial charge in [0.25, 0.3) is 5.91 Å². The summed E-state index contributed by atoms with van der Waals surface area (Å²) in [7, 11) is 0. The third-order valence-corrected chi connectivity index (χ3v) is 2.31. The maximum Gasteiger partial charge on any atom is 0.257 e. The van der Waals surface area contributed by atoms with Crippen LogP contribution in [0.5, 0.6) is 0 Å². The summed E-state index contributed by atoms with van der Waals surface area (Å²) in [6.45, 7) is 0. The van der Waals surface area contributed by atoms with Crippen LogP contribution in [0.25, 0.3) is 0 Å². The molecule has 0 unspecified atom stereocenters. The van der Waals surface area contributed by atoms with Crippen molar-refractivity contribution in [1.29, 1.82) is 0 Å². The first-order valence-electron chi connectivity index (χ1n) is 4.67. The quantitative estimate of drug-likeness (QED) is 0.573. The third-order valence-electron chi connectivity index (χ3n) is 2.07. The second-order valence-corrected chi connectivity index (χ2v) is 3.64. The Labute approximate surface area is 102 Å². The van der Waals surface area contributed by atoms with Crippen molar-refractivity contribution < 1.29 is 9.32 Å². The number of carbonyl (C=O) groups excluding carboxylic acids is 1. The van der Waals surface area contributed by atoms with E-state index in [0.717, 1.165) is 0 Å². The Morgan fingerprint density at radius 2 is 2.29 bits per heavy atom. The molecule has 0 aliphatic heterocycles. The van der Waals surface area contributed by atoms with Gasteiger partial charge in [0.2, 0.25) is 0 Å². The molecule has 0 radical (unpaired) electrons. The van der Waals surface area contributed by atoms with Crippen LogP contribution in [0.15, 0.2) is 35.2 Å². The zero-order chi connectivity index (χ0) is 12.3. The molecule has 0 spiro atoms. The van der Waals surface area contributed by atoms with Gasteiger partial charge in [-0.3, -0.25) is 10.6 Å². The van der Waals surface area contributed by atoms with Crippen LogP contribution >= 0.6 is 11.6 Å². The van der Waals surface area contributed by atoms with E-state index >= 15 is 0 Å². The second-order valence-electron chi connectivity index (χ2n) is 3.20. The molecule has 2 aromatic rings. The van der Waals surface area contributed by atoms with Gasteiger partial charge in [-0.25, -0.2) is 0 Å². The van der Waals surface area contributed by atoms with E-state index in [0.29, 0.717) is 22.0 Å². The molecule has 17 heavy (non-hydrogen) atoms. The minimum Gasteiger partial charge on any atom is -0.363 e. The van der Waals surface area contributed by atoms with E-state index in [1.54, 1.807) is 12.1 Å². The van der Waals surface area contributed by atoms with Gasteiger partial charge in [-0.05, 0) is 18.2 Å². The summed E-state index contributed by atoms with van der Waals surface area (Å²) < 4.78 is 4.60. The molecule has 0 aliphatic carbocycles. The molecular weight excluding hydrogens is 244 g/mol. The van der Waals surface area contributed by atoms with E-state index in [9.17, 15) is 4.79 Å². The number of amides is 1. The number of hydrogen-bond donors (Lipinski definition) is 3. The summed E-state index contributed by atoms with van der Waals surface area (Å²) in [5.41, 5.74) is 3.69. The van der Waals surface area contributed by atoms with Crippen LogP contribution in [-0.2, 0) is 0 Å². The summed E-state index contributed by atoms with van der Waals surface area (Å²) >= 11 is 5.82. The zero-order valence-corrected chi connectivity index (χ0v) is 9.36. The number of carbonyl (C=O) groups is 1. The SMILES string of the molecule is NNc1ccc(Cl)cc1C(=O)Nc1cnoc1. The van der Waals surface area contributed by atoms with E-state index in [-0.39, 0.29) is 5.91 Å². The number of benzene rings is 1. The van der Waals surface area contributed by atoms with Crippen molar-refractivity contribution in [2.75, 3.05) is 10.7 Å². The van der Waals surface area contributed by atoms with Gasteiger partial charge in [0.05, 0.1) is 17.4 Å². The average molecular weight is 253 g/mol. The van der Waals surface area contributed by atoms with Crippen molar-refractivity contribution in [2.24, 2.45) is 5.84 Å². The van der Waals surface area contributed by atoms with Crippen molar-refractivity contribution in [3.05, 3.63) is 41.2 Å². The molecule has 0 fully saturated rings. The Hall–Kier alpha value is -2.05. The molecule has 1 aromatic heterocycles. The molecule has 4 N–H and O–H groups in total. The van der Waals surface area contributed by atoms with E-state index < -0.39 is 0 Å². The average Bonchev–Trinajstić information content (AvgIpc) is 2.81. The summed E-state index contributed by atoms with van der Waals surface area (Å²) in [5.74, 6) is 4.95. The number of nitrogen functional groups attached to an aromatic ring is 1. The Balaban J connectivity index is 2.26. The predicted octanol–water partition coefficient (Wildman–Crippen LogP) is 1.87. The topological polar surface area (TPSA) is 93.2 Å². The van der Waals surface area contributed by atoms with Gasteiger partial charge >= 0.3 is 0 Å². The first-order valence-corrected chi connectivity index (χ1v) is 5.05. The van der Waals surface area contributed by atoms with Crippen LogP contribution in [0.2, 0.25) is 5.02 Å². The normalized spacial score (nSPS) is 10.0. The number of hydrogen-bond acceptors (Lipinski definition) is 5. The Morgan fingerprint density at radius 3 is 2.94 bits per heavy atom. The van der Waals surface area contributed by atoms with Crippen LogP contribution in [0.3, 0.4) is 0 Å². The van der Waals surface area contributed by atoms with Crippen LogP contribution in [0.4, 0.5) is 11.4 Å². The van der Waals surface area contributed by atoms with Gasteiger partial charge in [0, 0.05) is 5.02 Å². The van der Waals surface area contributed by atoms with Crippen molar-refractivity contribution in [2.45, 2.75) is 0 Å². The lowest BCUT2D eigenvalue weighted by atomic mass is 10.1. The van der Waals surface area contributed by atoms with Gasteiger partial charge in [0.15, 0.2) is 0 Å². The standard InChI is InChI=1S/C10H9ClN4O2/c11-6-1-2-9(15-12)8(3-6)10(16)14-7-4-13-17-5-7/h1-5,15H,12H2,(H,14,16). The molecule has 7 heteroatoms. The minimum absolute atomic E-state index is 0.334. The summed E-state index contributed by atoms with van der Waals surface area (Å²) in [6, 6.07) is 4.76. The van der Waals surface area contributed by atoms with Crippen LogP contribution < -0.4 is 16.6 Å². The highest BCUT2D eigenvalue weighted by Gasteiger charge is 2.12.